The molecule has 2 fully saturated rings. The minimum absolute atomic E-state index is 2.04. The summed E-state index contributed by atoms with van der Waals surface area (Å²) in [5, 5.41) is 0. The summed E-state index contributed by atoms with van der Waals surface area (Å²) in [6.07, 6.45) is -23.3. The summed E-state index contributed by atoms with van der Waals surface area (Å²) in [5.74, 6) is -12.1. The fraction of sp³-hybridized carbons (Fsp3) is 1.00. The summed E-state index contributed by atoms with van der Waals surface area (Å²) in [6.45, 7) is -4.53. The fourth-order valence-electron chi connectivity index (χ4n) is 4.55. The fourth-order valence-corrected chi connectivity index (χ4v) is 8.68. The van der Waals surface area contributed by atoms with Crippen molar-refractivity contribution in [1.29, 1.82) is 0 Å². The molecule has 2 heterocycles. The Labute approximate surface area is 303 Å². The van der Waals surface area contributed by atoms with Gasteiger partial charge in [-0.15, -0.1) is 0 Å². The zero-order valence-electron chi connectivity index (χ0n) is 24.7. The summed E-state index contributed by atoms with van der Waals surface area (Å²) in [5.41, 5.74) is 0. The Kier molecular flexibility index (Phi) is 15.1. The lowest BCUT2D eigenvalue weighted by Crippen LogP contribution is -2.64. The van der Waals surface area contributed by atoms with E-state index in [0.717, 1.165) is 0 Å². The molecule has 0 amide bonds. The number of rotatable bonds is 20. The maximum atomic E-state index is 11.9. The zero-order valence-corrected chi connectivity index (χ0v) is 31.2. The van der Waals surface area contributed by atoms with E-state index < -0.39 is 162 Å². The van der Waals surface area contributed by atoms with Crippen molar-refractivity contribution in [3.8, 4) is 0 Å². The van der Waals surface area contributed by atoms with Crippen LogP contribution in [0, 0.1) is 5.92 Å². The molecular formula is C13H16O33S8-8. The van der Waals surface area contributed by atoms with Gasteiger partial charge in [0, 0.05) is 5.75 Å². The first kappa shape index (κ1) is 49.1. The van der Waals surface area contributed by atoms with Crippen LogP contribution in [-0.2, 0) is 122 Å². The molecule has 2 aliphatic heterocycles. The lowest BCUT2D eigenvalue weighted by molar-refractivity contribution is -0.365. The minimum atomic E-state index is -6.53. The largest absolute Gasteiger partial charge is 0.748 e. The van der Waals surface area contributed by atoms with Gasteiger partial charge in [-0.25, -0.2) is 67.3 Å². The minimum Gasteiger partial charge on any atom is -0.748 e. The van der Waals surface area contributed by atoms with E-state index in [-0.39, 0.29) is 0 Å². The normalized spacial score (nSPS) is 31.0. The van der Waals surface area contributed by atoms with E-state index in [9.17, 15) is 104 Å². The van der Waals surface area contributed by atoms with E-state index in [1.165, 1.54) is 0 Å². The summed E-state index contributed by atoms with van der Waals surface area (Å²) in [4.78, 5) is 0. The molecule has 0 bridgehead atoms. The standard InChI is InChI=1S/C13H24O33S8/c14-47(15,16)2-5-8(43-51(26,27)28)9(44-52(29,30)31)7(3-48(17,18)19)40-12(5)42-13(4-39-50(23,24)25)11(46-54(35,36)37)10(45-53(32,33)34)6(41-13)1-38-49(20,21)22/h5-12H,1-4H2,(H,14,15,16)(H,17,18,19)(H,20,21,22)(H,23,24,25)(H,26,27,28)(H,29,30,31)(H,32,33,34)(H,35,36,37)/p-8. The van der Waals surface area contributed by atoms with Crippen LogP contribution >= 0.6 is 0 Å². The monoisotopic (exact) mass is 956 g/mol. The van der Waals surface area contributed by atoms with Crippen LogP contribution in [-0.4, -0.2) is 177 Å². The van der Waals surface area contributed by atoms with Crippen molar-refractivity contribution in [3.63, 3.8) is 0 Å². The molecule has 2 rings (SSSR count). The topological polar surface area (TPSA) is 541 Å². The summed E-state index contributed by atoms with van der Waals surface area (Å²) >= 11 is 0. The highest BCUT2D eigenvalue weighted by molar-refractivity contribution is 7.86. The molecule has 0 N–H and O–H groups in total. The van der Waals surface area contributed by atoms with Crippen molar-refractivity contribution in [1.82, 2.24) is 0 Å². The average Bonchev–Trinajstić information content (AvgIpc) is 3.12. The van der Waals surface area contributed by atoms with Crippen LogP contribution in [0.2, 0.25) is 0 Å². The van der Waals surface area contributed by atoms with Crippen LogP contribution in [0.4, 0.5) is 0 Å². The molecule has 54 heavy (non-hydrogen) atoms. The molecule has 0 saturated carbocycles. The lowest BCUT2D eigenvalue weighted by atomic mass is 9.92. The first-order valence-electron chi connectivity index (χ1n) is 12.3. The Morgan fingerprint density at radius 3 is 1.31 bits per heavy atom. The van der Waals surface area contributed by atoms with Crippen LogP contribution in [0.5, 0.6) is 0 Å². The van der Waals surface area contributed by atoms with Gasteiger partial charge in [0.15, 0.2) is 12.4 Å². The average molecular weight is 957 g/mol. The molecule has 33 nitrogen and oxygen atoms in total. The van der Waals surface area contributed by atoms with Gasteiger partial charge in [0.25, 0.3) is 0 Å². The van der Waals surface area contributed by atoms with Crippen LogP contribution in [0.3, 0.4) is 0 Å². The molecule has 0 radical (unpaired) electrons. The molecule has 2 saturated heterocycles. The van der Waals surface area contributed by atoms with Crippen LogP contribution in [0.1, 0.15) is 0 Å². The second kappa shape index (κ2) is 16.6. The van der Waals surface area contributed by atoms with Gasteiger partial charge in [0.1, 0.15) is 37.1 Å². The van der Waals surface area contributed by atoms with Gasteiger partial charge < -0.3 is 50.6 Å². The first-order valence-corrected chi connectivity index (χ1v) is 23.5. The third-order valence-electron chi connectivity index (χ3n) is 5.99. The van der Waals surface area contributed by atoms with Crippen molar-refractivity contribution in [2.45, 2.75) is 48.7 Å². The van der Waals surface area contributed by atoms with Gasteiger partial charge in [0.05, 0.1) is 38.5 Å². The molecule has 0 spiro atoms. The number of hydrogen-bond donors (Lipinski definition) is 0. The van der Waals surface area contributed by atoms with Gasteiger partial charge in [-0.2, -0.15) is 0 Å². The maximum Gasteiger partial charge on any atom is 0.227 e. The third kappa shape index (κ3) is 17.2. The molecule has 0 aromatic heterocycles. The van der Waals surface area contributed by atoms with E-state index in [1.54, 1.807) is 0 Å². The predicted octanol–water partition coefficient (Wildman–Crippen LogP) is -9.14. The SMILES string of the molecule is O=S(=O)([O-])CC1OC(OC2(COS(=O)(=O)[O-])OC(COS(=O)(=O)[O-])C(OS(=O)(=O)[O-])C2OS(=O)(=O)[O-])C(CS(=O)(=O)[O-])C(OS(=O)(=O)[O-])C1OS(=O)(=O)[O-]. The Morgan fingerprint density at radius 1 is 0.481 bits per heavy atom. The van der Waals surface area contributed by atoms with E-state index in [1.807, 2.05) is 0 Å². The molecule has 0 aromatic rings. The van der Waals surface area contributed by atoms with Crippen molar-refractivity contribution in [2.75, 3.05) is 24.7 Å². The highest BCUT2D eigenvalue weighted by atomic mass is 32.3. The van der Waals surface area contributed by atoms with Crippen molar-refractivity contribution in [3.05, 3.63) is 0 Å². The van der Waals surface area contributed by atoms with E-state index >= 15 is 0 Å². The Balaban J connectivity index is 3.08. The smallest absolute Gasteiger partial charge is 0.227 e. The maximum absolute atomic E-state index is 11.9. The Morgan fingerprint density at radius 2 is 0.907 bits per heavy atom. The summed E-state index contributed by atoms with van der Waals surface area (Å²) in [6, 6.07) is 0. The van der Waals surface area contributed by atoms with Gasteiger partial charge in [-0.05, 0) is 0 Å². The highest BCUT2D eigenvalue weighted by Gasteiger charge is 2.63. The molecule has 41 heteroatoms. The van der Waals surface area contributed by atoms with Crippen LogP contribution in [0.15, 0.2) is 0 Å². The number of hydrogen-bond acceptors (Lipinski definition) is 33. The molecule has 0 aliphatic carbocycles. The van der Waals surface area contributed by atoms with Gasteiger partial charge in [-0.1, -0.05) is 0 Å². The summed E-state index contributed by atoms with van der Waals surface area (Å²) in [7, 11) is -50.0. The Bertz CT molecular complexity index is 2260. The second-order valence-electron chi connectivity index (χ2n) is 9.94. The number of ether oxygens (including phenoxy) is 3. The van der Waals surface area contributed by atoms with Gasteiger partial charge in [0.2, 0.25) is 68.2 Å². The van der Waals surface area contributed by atoms with Crippen molar-refractivity contribution in [2.24, 2.45) is 5.92 Å². The first-order chi connectivity index (χ1) is 23.7. The molecule has 9 unspecified atom stereocenters. The quantitative estimate of drug-likeness (QED) is 0.0807. The Hall–Kier alpha value is -1.08. The molecule has 2 aliphatic rings. The van der Waals surface area contributed by atoms with Crippen LogP contribution in [0.25, 0.3) is 0 Å². The van der Waals surface area contributed by atoms with Crippen molar-refractivity contribution < 1.29 is 143 Å². The second-order valence-corrected chi connectivity index (χ2v) is 19.0. The van der Waals surface area contributed by atoms with E-state index in [2.05, 4.69) is 25.1 Å². The molecule has 9 atom stereocenters. The zero-order chi connectivity index (χ0) is 42.3. The molecule has 0 aromatic carbocycles. The van der Waals surface area contributed by atoms with Gasteiger partial charge in [-0.3, -0.25) is 25.1 Å². The summed E-state index contributed by atoms with van der Waals surface area (Å²) < 4.78 is 315. The van der Waals surface area contributed by atoms with E-state index in [0.29, 0.717) is 0 Å². The predicted molar refractivity (Wildman–Crippen MR) is 140 cm³/mol. The van der Waals surface area contributed by atoms with Gasteiger partial charge >= 0.3 is 0 Å². The van der Waals surface area contributed by atoms with E-state index in [4.69, 9.17) is 14.2 Å². The third-order valence-corrected chi connectivity index (χ3v) is 10.2. The molecule has 322 valence electrons. The van der Waals surface area contributed by atoms with Crippen LogP contribution < -0.4 is 0 Å². The highest BCUT2D eigenvalue weighted by Crippen LogP contribution is 2.43. The molecular weight excluding hydrogens is 941 g/mol. The van der Waals surface area contributed by atoms with Crippen molar-refractivity contribution >= 4 is 82.6 Å². The lowest BCUT2D eigenvalue weighted by Gasteiger charge is -2.48.